The Morgan fingerprint density at radius 1 is 1.39 bits per heavy atom. The van der Waals surface area contributed by atoms with Crippen LogP contribution in [0.15, 0.2) is 22.7 Å². The van der Waals surface area contributed by atoms with E-state index in [9.17, 15) is 9.90 Å². The van der Waals surface area contributed by atoms with Crippen LogP contribution in [-0.4, -0.2) is 30.4 Å². The van der Waals surface area contributed by atoms with Gasteiger partial charge in [-0.15, -0.1) is 0 Å². The highest BCUT2D eigenvalue weighted by atomic mass is 79.9. The Hall–Kier alpha value is -1.07. The number of benzene rings is 1. The standard InChI is InChI=1S/C13H17BrO4/c1-3-17-12(13(16)18-4-2)8-9-5-6-11(15)10(14)7-9/h5-7,12,15H,3-4,8H2,1-2H3. The van der Waals surface area contributed by atoms with Crippen LogP contribution in [0.4, 0.5) is 0 Å². The maximum absolute atomic E-state index is 11.7. The van der Waals surface area contributed by atoms with Crippen LogP contribution in [0.1, 0.15) is 19.4 Å². The van der Waals surface area contributed by atoms with Crippen molar-refractivity contribution in [3.63, 3.8) is 0 Å². The van der Waals surface area contributed by atoms with Gasteiger partial charge in [0.15, 0.2) is 6.10 Å². The maximum Gasteiger partial charge on any atom is 0.335 e. The minimum absolute atomic E-state index is 0.169. The van der Waals surface area contributed by atoms with Crippen molar-refractivity contribution in [1.82, 2.24) is 0 Å². The lowest BCUT2D eigenvalue weighted by atomic mass is 10.1. The number of phenols is 1. The molecule has 0 radical (unpaired) electrons. The molecule has 1 aromatic carbocycles. The van der Waals surface area contributed by atoms with Gasteiger partial charge in [-0.25, -0.2) is 4.79 Å². The Morgan fingerprint density at radius 3 is 2.67 bits per heavy atom. The molecule has 0 aromatic heterocycles. The normalized spacial score (nSPS) is 12.2. The van der Waals surface area contributed by atoms with Crippen LogP contribution < -0.4 is 0 Å². The number of carbonyl (C=O) groups is 1. The van der Waals surface area contributed by atoms with E-state index in [1.165, 1.54) is 0 Å². The molecule has 0 aliphatic heterocycles. The van der Waals surface area contributed by atoms with Gasteiger partial charge in [-0.3, -0.25) is 0 Å². The number of hydrogen-bond acceptors (Lipinski definition) is 4. The maximum atomic E-state index is 11.7. The van der Waals surface area contributed by atoms with E-state index in [1.807, 2.05) is 6.92 Å². The van der Waals surface area contributed by atoms with Crippen LogP contribution in [0, 0.1) is 0 Å². The molecule has 0 spiro atoms. The number of halogens is 1. The Labute approximate surface area is 115 Å². The Balaban J connectivity index is 2.76. The first-order valence-corrected chi connectivity index (χ1v) is 6.63. The van der Waals surface area contributed by atoms with Gasteiger partial charge in [-0.05, 0) is 47.5 Å². The van der Waals surface area contributed by atoms with E-state index < -0.39 is 6.10 Å². The first-order valence-electron chi connectivity index (χ1n) is 5.84. The number of hydrogen-bond donors (Lipinski definition) is 1. The summed E-state index contributed by atoms with van der Waals surface area (Å²) >= 11 is 3.24. The lowest BCUT2D eigenvalue weighted by Gasteiger charge is -2.15. The van der Waals surface area contributed by atoms with Crippen LogP contribution in [0.3, 0.4) is 0 Å². The van der Waals surface area contributed by atoms with E-state index in [1.54, 1.807) is 25.1 Å². The molecule has 0 aliphatic carbocycles. The molecule has 0 bridgehead atoms. The monoisotopic (exact) mass is 316 g/mol. The summed E-state index contributed by atoms with van der Waals surface area (Å²) in [7, 11) is 0. The van der Waals surface area contributed by atoms with Crippen molar-refractivity contribution >= 4 is 21.9 Å². The summed E-state index contributed by atoms with van der Waals surface area (Å²) in [5.74, 6) is -0.189. The van der Waals surface area contributed by atoms with Crippen molar-refractivity contribution < 1.29 is 19.4 Å². The fraction of sp³-hybridized carbons (Fsp3) is 0.462. The second-order valence-electron chi connectivity index (χ2n) is 3.69. The lowest BCUT2D eigenvalue weighted by Crippen LogP contribution is -2.28. The Bertz CT molecular complexity index is 406. The summed E-state index contributed by atoms with van der Waals surface area (Å²) in [6, 6.07) is 5.10. The molecule has 0 heterocycles. The second kappa shape index (κ2) is 7.38. The highest BCUT2D eigenvalue weighted by Gasteiger charge is 2.20. The molecule has 1 aromatic rings. The van der Waals surface area contributed by atoms with Gasteiger partial charge in [0.05, 0.1) is 11.1 Å². The fourth-order valence-electron chi connectivity index (χ4n) is 1.54. The minimum atomic E-state index is -0.605. The first-order chi connectivity index (χ1) is 8.58. The highest BCUT2D eigenvalue weighted by molar-refractivity contribution is 9.10. The van der Waals surface area contributed by atoms with Crippen LogP contribution in [-0.2, 0) is 20.7 Å². The van der Waals surface area contributed by atoms with Crippen LogP contribution in [0.5, 0.6) is 5.75 Å². The molecule has 100 valence electrons. The molecule has 18 heavy (non-hydrogen) atoms. The van der Waals surface area contributed by atoms with Gasteiger partial charge in [-0.2, -0.15) is 0 Å². The predicted molar refractivity (Wildman–Crippen MR) is 71.6 cm³/mol. The van der Waals surface area contributed by atoms with Gasteiger partial charge in [-0.1, -0.05) is 6.07 Å². The molecule has 1 atom stereocenters. The van der Waals surface area contributed by atoms with Crippen molar-refractivity contribution in [1.29, 1.82) is 0 Å². The zero-order valence-electron chi connectivity index (χ0n) is 10.5. The van der Waals surface area contributed by atoms with E-state index in [2.05, 4.69) is 15.9 Å². The quantitative estimate of drug-likeness (QED) is 0.820. The molecule has 1 N–H and O–H groups in total. The minimum Gasteiger partial charge on any atom is -0.507 e. The predicted octanol–water partition coefficient (Wildman–Crippen LogP) is 2.67. The summed E-state index contributed by atoms with van der Waals surface area (Å²) in [5.41, 5.74) is 0.895. The third-order valence-electron chi connectivity index (χ3n) is 2.35. The van der Waals surface area contributed by atoms with E-state index >= 15 is 0 Å². The summed E-state index contributed by atoms with van der Waals surface area (Å²) in [4.78, 5) is 11.7. The zero-order valence-corrected chi connectivity index (χ0v) is 12.1. The summed E-state index contributed by atoms with van der Waals surface area (Å²) in [6.07, 6.45) is -0.183. The summed E-state index contributed by atoms with van der Waals surface area (Å²) in [5, 5.41) is 9.40. The molecule has 5 heteroatoms. The van der Waals surface area contributed by atoms with Gasteiger partial charge in [0.25, 0.3) is 0 Å². The van der Waals surface area contributed by atoms with Gasteiger partial charge in [0.1, 0.15) is 5.75 Å². The van der Waals surface area contributed by atoms with Crippen molar-refractivity contribution in [3.8, 4) is 5.75 Å². The van der Waals surface area contributed by atoms with Gasteiger partial charge in [0.2, 0.25) is 0 Å². The fourth-order valence-corrected chi connectivity index (χ4v) is 1.96. The largest absolute Gasteiger partial charge is 0.507 e. The van der Waals surface area contributed by atoms with Gasteiger partial charge < -0.3 is 14.6 Å². The topological polar surface area (TPSA) is 55.8 Å². The number of aromatic hydroxyl groups is 1. The molecule has 0 amide bonds. The molecule has 0 saturated carbocycles. The van der Waals surface area contributed by atoms with Crippen molar-refractivity contribution in [2.75, 3.05) is 13.2 Å². The number of esters is 1. The average molecular weight is 317 g/mol. The van der Waals surface area contributed by atoms with Crippen molar-refractivity contribution in [3.05, 3.63) is 28.2 Å². The van der Waals surface area contributed by atoms with Crippen LogP contribution in [0.2, 0.25) is 0 Å². The molecule has 0 aliphatic rings. The number of ether oxygens (including phenoxy) is 2. The molecular weight excluding hydrogens is 300 g/mol. The third kappa shape index (κ3) is 4.31. The molecule has 1 rings (SSSR count). The second-order valence-corrected chi connectivity index (χ2v) is 4.54. The zero-order chi connectivity index (χ0) is 13.5. The summed E-state index contributed by atoms with van der Waals surface area (Å²) in [6.45, 7) is 4.38. The Morgan fingerprint density at radius 2 is 2.11 bits per heavy atom. The summed E-state index contributed by atoms with van der Waals surface area (Å²) < 4.78 is 10.9. The van der Waals surface area contributed by atoms with Gasteiger partial charge in [0, 0.05) is 13.0 Å². The van der Waals surface area contributed by atoms with Crippen LogP contribution >= 0.6 is 15.9 Å². The molecule has 1 unspecified atom stereocenters. The van der Waals surface area contributed by atoms with E-state index in [-0.39, 0.29) is 11.7 Å². The SMILES string of the molecule is CCOC(=O)C(Cc1ccc(O)c(Br)c1)OCC. The molecule has 0 saturated heterocycles. The average Bonchev–Trinajstić information content (AvgIpc) is 2.33. The van der Waals surface area contributed by atoms with Gasteiger partial charge >= 0.3 is 5.97 Å². The smallest absolute Gasteiger partial charge is 0.335 e. The van der Waals surface area contributed by atoms with E-state index in [4.69, 9.17) is 9.47 Å². The first kappa shape index (κ1) is 15.0. The van der Waals surface area contributed by atoms with E-state index in [0.717, 1.165) is 5.56 Å². The molecular formula is C13H17BrO4. The number of phenolic OH excluding ortho intramolecular Hbond substituents is 1. The van der Waals surface area contributed by atoms with Crippen molar-refractivity contribution in [2.24, 2.45) is 0 Å². The van der Waals surface area contributed by atoms with Crippen molar-refractivity contribution in [2.45, 2.75) is 26.4 Å². The lowest BCUT2D eigenvalue weighted by molar-refractivity contribution is -0.156. The third-order valence-corrected chi connectivity index (χ3v) is 2.99. The molecule has 4 nitrogen and oxygen atoms in total. The number of rotatable bonds is 6. The number of carbonyl (C=O) groups excluding carboxylic acids is 1. The highest BCUT2D eigenvalue weighted by Crippen LogP contribution is 2.25. The van der Waals surface area contributed by atoms with E-state index in [0.29, 0.717) is 24.1 Å². The Kier molecular flexibility index (Phi) is 6.15. The van der Waals surface area contributed by atoms with Crippen LogP contribution in [0.25, 0.3) is 0 Å². The molecule has 0 fully saturated rings.